The van der Waals surface area contributed by atoms with E-state index >= 15 is 0 Å². The largest absolute Gasteiger partial charge is 0.465 e. The van der Waals surface area contributed by atoms with Crippen LogP contribution in [0, 0.1) is 0 Å². The topological polar surface area (TPSA) is 73.9 Å². The molecule has 0 spiro atoms. The van der Waals surface area contributed by atoms with E-state index in [4.69, 9.17) is 37.0 Å². The number of carbonyl (C=O) groups is 1. The van der Waals surface area contributed by atoms with E-state index in [1.165, 1.54) is 12.1 Å². The predicted octanol–water partition coefficient (Wildman–Crippen LogP) is 4.75. The molecule has 1 N–H and O–H groups in total. The first-order valence-electron chi connectivity index (χ1n) is 7.76. The molecule has 2 aromatic carbocycles. The van der Waals surface area contributed by atoms with Crippen LogP contribution in [-0.4, -0.2) is 25.4 Å². The second kappa shape index (κ2) is 9.83. The van der Waals surface area contributed by atoms with Crippen molar-refractivity contribution in [2.75, 3.05) is 19.4 Å². The van der Waals surface area contributed by atoms with E-state index in [1.54, 1.807) is 43.3 Å². The first-order valence-corrected chi connectivity index (χ1v) is 10.2. The summed E-state index contributed by atoms with van der Waals surface area (Å²) in [7, 11) is -3.71. The highest BCUT2D eigenvalue weighted by molar-refractivity contribution is 7.54. The molecule has 9 heteroatoms. The molecule has 0 aliphatic rings. The first-order chi connectivity index (χ1) is 12.4. The second-order valence-corrected chi connectivity index (χ2v) is 7.87. The van der Waals surface area contributed by atoms with E-state index in [1.807, 2.05) is 0 Å². The molecule has 0 atom stereocenters. The van der Waals surface area contributed by atoms with Crippen molar-refractivity contribution >= 4 is 36.8 Å². The fourth-order valence-corrected chi connectivity index (χ4v) is 3.74. The Balaban J connectivity index is 2.13. The number of hydrogen-bond donors (Lipinski definition) is 1. The minimum Gasteiger partial charge on any atom is -0.465 e. The normalized spacial score (nSPS) is 11.0. The number of halogens is 2. The van der Waals surface area contributed by atoms with E-state index in [-0.39, 0.29) is 30.9 Å². The van der Waals surface area contributed by atoms with Crippen LogP contribution in [0.15, 0.2) is 48.5 Å². The summed E-state index contributed by atoms with van der Waals surface area (Å²) < 4.78 is 29.1. The van der Waals surface area contributed by atoms with Crippen LogP contribution in [0.1, 0.15) is 6.92 Å². The molecule has 0 saturated heterocycles. The number of rotatable bonds is 9. The standard InChI is InChI=1S/C17H18Cl2NO5P/c1-2-23-17(21)11-20-12-26(22,24-15-7-3-5-13(18)9-15)25-16-8-4-6-14(19)10-16/h3-10,20H,2,11-12H2,1H3. The summed E-state index contributed by atoms with van der Waals surface area (Å²) in [4.78, 5) is 11.4. The van der Waals surface area contributed by atoms with Gasteiger partial charge in [-0.3, -0.25) is 10.1 Å². The smallest absolute Gasteiger partial charge is 0.444 e. The molecular weight excluding hydrogens is 400 g/mol. The Morgan fingerprint density at radius 1 is 1.04 bits per heavy atom. The zero-order chi connectivity index (χ0) is 19.0. The quantitative estimate of drug-likeness (QED) is 0.468. The van der Waals surface area contributed by atoms with Gasteiger partial charge >= 0.3 is 13.6 Å². The highest BCUT2D eigenvalue weighted by Gasteiger charge is 2.28. The van der Waals surface area contributed by atoms with Crippen LogP contribution in [0.2, 0.25) is 10.0 Å². The molecule has 0 bridgehead atoms. The van der Waals surface area contributed by atoms with Crippen LogP contribution in [0.3, 0.4) is 0 Å². The number of benzene rings is 2. The van der Waals surface area contributed by atoms with Crippen LogP contribution < -0.4 is 14.4 Å². The lowest BCUT2D eigenvalue weighted by molar-refractivity contribution is -0.141. The first kappa shape index (κ1) is 20.6. The van der Waals surface area contributed by atoms with Gasteiger partial charge in [-0.15, -0.1) is 0 Å². The monoisotopic (exact) mass is 417 g/mol. The lowest BCUT2D eigenvalue weighted by atomic mass is 10.3. The van der Waals surface area contributed by atoms with Crippen LogP contribution in [0.25, 0.3) is 0 Å². The summed E-state index contributed by atoms with van der Waals surface area (Å²) in [6, 6.07) is 12.9. The predicted molar refractivity (Wildman–Crippen MR) is 101 cm³/mol. The molecule has 0 heterocycles. The Morgan fingerprint density at radius 2 is 1.58 bits per heavy atom. The van der Waals surface area contributed by atoms with E-state index in [0.717, 1.165) is 0 Å². The van der Waals surface area contributed by atoms with Gasteiger partial charge in [0.25, 0.3) is 0 Å². The molecule has 2 rings (SSSR count). The summed E-state index contributed by atoms with van der Waals surface area (Å²) in [6.07, 6.45) is -0.217. The maximum atomic E-state index is 13.2. The van der Waals surface area contributed by atoms with Crippen molar-refractivity contribution in [2.45, 2.75) is 6.92 Å². The molecule has 0 amide bonds. The molecule has 0 fully saturated rings. The van der Waals surface area contributed by atoms with Crippen molar-refractivity contribution in [3.63, 3.8) is 0 Å². The number of esters is 1. The second-order valence-electron chi connectivity index (χ2n) is 5.10. The van der Waals surface area contributed by atoms with E-state index in [0.29, 0.717) is 10.0 Å². The van der Waals surface area contributed by atoms with Crippen molar-refractivity contribution < 1.29 is 23.1 Å². The summed E-state index contributed by atoms with van der Waals surface area (Å²) in [5.41, 5.74) is 0. The maximum Gasteiger partial charge on any atom is 0.444 e. The van der Waals surface area contributed by atoms with Crippen molar-refractivity contribution in [1.82, 2.24) is 5.32 Å². The highest BCUT2D eigenvalue weighted by Crippen LogP contribution is 2.48. The lowest BCUT2D eigenvalue weighted by Gasteiger charge is -2.20. The fourth-order valence-electron chi connectivity index (χ4n) is 1.96. The van der Waals surface area contributed by atoms with Gasteiger partial charge < -0.3 is 13.8 Å². The van der Waals surface area contributed by atoms with Crippen LogP contribution in [0.4, 0.5) is 0 Å². The Labute approximate surface area is 161 Å². The van der Waals surface area contributed by atoms with Crippen LogP contribution in [0.5, 0.6) is 11.5 Å². The van der Waals surface area contributed by atoms with Gasteiger partial charge in [-0.05, 0) is 43.3 Å². The molecule has 0 radical (unpaired) electrons. The lowest BCUT2D eigenvalue weighted by Crippen LogP contribution is -2.27. The van der Waals surface area contributed by atoms with Crippen LogP contribution in [-0.2, 0) is 14.1 Å². The van der Waals surface area contributed by atoms with Crippen molar-refractivity contribution in [1.29, 1.82) is 0 Å². The Morgan fingerprint density at radius 3 is 2.04 bits per heavy atom. The number of carbonyl (C=O) groups excluding carboxylic acids is 1. The minimum atomic E-state index is -3.71. The molecule has 26 heavy (non-hydrogen) atoms. The highest BCUT2D eigenvalue weighted by atomic mass is 35.5. The van der Waals surface area contributed by atoms with Gasteiger partial charge in [-0.25, -0.2) is 4.57 Å². The Bertz CT molecular complexity index is 751. The molecule has 0 aliphatic heterocycles. The fraction of sp³-hybridized carbons (Fsp3) is 0.235. The Hall–Kier alpha value is -1.72. The summed E-state index contributed by atoms with van der Waals surface area (Å²) >= 11 is 11.9. The molecule has 0 aromatic heterocycles. The van der Waals surface area contributed by atoms with Crippen molar-refractivity contribution in [3.05, 3.63) is 58.6 Å². The number of hydrogen-bond acceptors (Lipinski definition) is 6. The SMILES string of the molecule is CCOC(=O)CNCP(=O)(Oc1cccc(Cl)c1)Oc1cccc(Cl)c1. The van der Waals surface area contributed by atoms with Gasteiger partial charge in [-0.1, -0.05) is 35.3 Å². The zero-order valence-electron chi connectivity index (χ0n) is 14.0. The van der Waals surface area contributed by atoms with E-state index in [9.17, 15) is 9.36 Å². The third-order valence-corrected chi connectivity index (χ3v) is 5.02. The minimum absolute atomic E-state index is 0.129. The molecular formula is C17H18Cl2NO5P. The summed E-state index contributed by atoms with van der Waals surface area (Å²) in [5.74, 6) is 0.0890. The molecule has 6 nitrogen and oxygen atoms in total. The average molecular weight is 418 g/mol. The summed E-state index contributed by atoms with van der Waals surface area (Å²) in [6.45, 7) is 1.83. The van der Waals surface area contributed by atoms with Crippen molar-refractivity contribution in [2.24, 2.45) is 0 Å². The average Bonchev–Trinajstić information content (AvgIpc) is 2.54. The van der Waals surface area contributed by atoms with Crippen LogP contribution >= 0.6 is 30.8 Å². The van der Waals surface area contributed by atoms with Gasteiger partial charge in [0.15, 0.2) is 0 Å². The molecule has 0 saturated carbocycles. The molecule has 0 unspecified atom stereocenters. The molecule has 140 valence electrons. The van der Waals surface area contributed by atoms with Crippen molar-refractivity contribution in [3.8, 4) is 11.5 Å². The number of ether oxygens (including phenoxy) is 1. The van der Waals surface area contributed by atoms with E-state index in [2.05, 4.69) is 5.32 Å². The van der Waals surface area contributed by atoms with Gasteiger partial charge in [0, 0.05) is 10.0 Å². The third-order valence-electron chi connectivity index (χ3n) is 2.96. The van der Waals surface area contributed by atoms with Gasteiger partial charge in [0.1, 0.15) is 17.8 Å². The zero-order valence-corrected chi connectivity index (χ0v) is 16.4. The molecule has 2 aromatic rings. The third kappa shape index (κ3) is 6.89. The molecule has 0 aliphatic carbocycles. The Kier molecular flexibility index (Phi) is 7.79. The van der Waals surface area contributed by atoms with Gasteiger partial charge in [0.2, 0.25) is 0 Å². The van der Waals surface area contributed by atoms with E-state index < -0.39 is 13.6 Å². The summed E-state index contributed by atoms with van der Waals surface area (Å²) in [5, 5.41) is 3.58. The maximum absolute atomic E-state index is 13.2. The van der Waals surface area contributed by atoms with Gasteiger partial charge in [-0.2, -0.15) is 0 Å². The number of nitrogens with one attached hydrogen (secondary N) is 1. The van der Waals surface area contributed by atoms with Gasteiger partial charge in [0.05, 0.1) is 13.2 Å².